The van der Waals surface area contributed by atoms with Crippen LogP contribution in [0.2, 0.25) is 0 Å². The Labute approximate surface area is 140 Å². The predicted octanol–water partition coefficient (Wildman–Crippen LogP) is 5.19. The van der Waals surface area contributed by atoms with Gasteiger partial charge in [-0.25, -0.2) is 0 Å². The summed E-state index contributed by atoms with van der Waals surface area (Å²) in [5.74, 6) is 0.427. The van der Waals surface area contributed by atoms with Crippen LogP contribution in [-0.4, -0.2) is 11.7 Å². The van der Waals surface area contributed by atoms with Gasteiger partial charge in [0, 0.05) is 10.6 Å². The highest BCUT2D eigenvalue weighted by Gasteiger charge is 2.07. The van der Waals surface area contributed by atoms with Gasteiger partial charge in [-0.05, 0) is 42.3 Å². The second kappa shape index (κ2) is 6.88. The lowest BCUT2D eigenvalue weighted by atomic mass is 10.1. The Morgan fingerprint density at radius 3 is 2.61 bits per heavy atom. The van der Waals surface area contributed by atoms with E-state index in [0.717, 1.165) is 16.1 Å². The number of rotatable bonds is 4. The SMILES string of the molecule is Cc1ccc(NC(=O)CSc2cccc3ccccc23)c(C)c1. The number of carbonyl (C=O) groups excluding carboxylic acids is 1. The van der Waals surface area contributed by atoms with Crippen molar-refractivity contribution in [2.24, 2.45) is 0 Å². The van der Waals surface area contributed by atoms with Gasteiger partial charge >= 0.3 is 0 Å². The Morgan fingerprint density at radius 2 is 1.78 bits per heavy atom. The molecule has 1 N–H and O–H groups in total. The third kappa shape index (κ3) is 3.74. The summed E-state index contributed by atoms with van der Waals surface area (Å²) < 4.78 is 0. The largest absolute Gasteiger partial charge is 0.325 e. The molecule has 3 heteroatoms. The Bertz CT molecular complexity index is 852. The topological polar surface area (TPSA) is 29.1 Å². The highest BCUT2D eigenvalue weighted by molar-refractivity contribution is 8.00. The number of aryl methyl sites for hydroxylation is 2. The molecule has 0 aromatic heterocycles. The summed E-state index contributed by atoms with van der Waals surface area (Å²) in [6.07, 6.45) is 0. The van der Waals surface area contributed by atoms with Crippen molar-refractivity contribution in [1.82, 2.24) is 0 Å². The average Bonchev–Trinajstić information content (AvgIpc) is 2.55. The molecule has 0 aliphatic carbocycles. The molecule has 0 aliphatic heterocycles. The van der Waals surface area contributed by atoms with E-state index >= 15 is 0 Å². The molecule has 0 unspecified atom stereocenters. The van der Waals surface area contributed by atoms with Crippen LogP contribution in [0.3, 0.4) is 0 Å². The van der Waals surface area contributed by atoms with Gasteiger partial charge in [0.05, 0.1) is 5.75 Å². The van der Waals surface area contributed by atoms with Gasteiger partial charge in [0.15, 0.2) is 0 Å². The zero-order chi connectivity index (χ0) is 16.2. The number of thioether (sulfide) groups is 1. The summed E-state index contributed by atoms with van der Waals surface area (Å²) in [6.45, 7) is 4.06. The quantitative estimate of drug-likeness (QED) is 0.670. The van der Waals surface area contributed by atoms with E-state index in [1.165, 1.54) is 16.3 Å². The van der Waals surface area contributed by atoms with Crippen molar-refractivity contribution >= 4 is 34.1 Å². The number of amides is 1. The van der Waals surface area contributed by atoms with Crippen molar-refractivity contribution in [3.63, 3.8) is 0 Å². The molecule has 0 saturated heterocycles. The molecule has 3 aromatic rings. The lowest BCUT2D eigenvalue weighted by Crippen LogP contribution is -2.14. The molecule has 0 saturated carbocycles. The van der Waals surface area contributed by atoms with Crippen LogP contribution in [0.15, 0.2) is 65.6 Å². The molecule has 3 aromatic carbocycles. The Balaban J connectivity index is 1.69. The van der Waals surface area contributed by atoms with Crippen LogP contribution in [0, 0.1) is 13.8 Å². The van der Waals surface area contributed by atoms with Gasteiger partial charge in [-0.2, -0.15) is 0 Å². The fourth-order valence-electron chi connectivity index (χ4n) is 2.60. The van der Waals surface area contributed by atoms with Gasteiger partial charge < -0.3 is 5.32 Å². The van der Waals surface area contributed by atoms with Crippen molar-refractivity contribution in [2.45, 2.75) is 18.7 Å². The monoisotopic (exact) mass is 321 g/mol. The minimum atomic E-state index is 0.0230. The zero-order valence-corrected chi connectivity index (χ0v) is 14.1. The van der Waals surface area contributed by atoms with E-state index in [9.17, 15) is 4.79 Å². The molecule has 3 rings (SSSR count). The normalized spacial score (nSPS) is 10.7. The van der Waals surface area contributed by atoms with E-state index in [-0.39, 0.29) is 5.91 Å². The number of hydrogen-bond donors (Lipinski definition) is 1. The van der Waals surface area contributed by atoms with Gasteiger partial charge in [0.2, 0.25) is 5.91 Å². The molecule has 0 atom stereocenters. The second-order valence-corrected chi connectivity index (χ2v) is 6.65. The highest BCUT2D eigenvalue weighted by atomic mass is 32.2. The Hall–Kier alpha value is -2.26. The second-order valence-electron chi connectivity index (χ2n) is 5.63. The van der Waals surface area contributed by atoms with Crippen LogP contribution in [0.5, 0.6) is 0 Å². The zero-order valence-electron chi connectivity index (χ0n) is 13.3. The summed E-state index contributed by atoms with van der Waals surface area (Å²) in [5, 5.41) is 5.39. The molecule has 1 amide bonds. The molecule has 0 spiro atoms. The van der Waals surface area contributed by atoms with Gasteiger partial charge in [-0.1, -0.05) is 54.1 Å². The summed E-state index contributed by atoms with van der Waals surface area (Å²) in [7, 11) is 0. The number of anilines is 1. The van der Waals surface area contributed by atoms with Crippen molar-refractivity contribution < 1.29 is 4.79 Å². The van der Waals surface area contributed by atoms with Crippen molar-refractivity contribution in [3.8, 4) is 0 Å². The van der Waals surface area contributed by atoms with Gasteiger partial charge in [-0.3, -0.25) is 4.79 Å². The number of hydrogen-bond acceptors (Lipinski definition) is 2. The lowest BCUT2D eigenvalue weighted by molar-refractivity contribution is -0.113. The minimum absolute atomic E-state index is 0.0230. The van der Waals surface area contributed by atoms with E-state index in [0.29, 0.717) is 5.75 Å². The van der Waals surface area contributed by atoms with E-state index in [4.69, 9.17) is 0 Å². The third-order valence-corrected chi connectivity index (χ3v) is 4.84. The molecule has 0 aliphatic rings. The first kappa shape index (κ1) is 15.6. The van der Waals surface area contributed by atoms with E-state index in [1.807, 2.05) is 37.3 Å². The average molecular weight is 321 g/mol. The minimum Gasteiger partial charge on any atom is -0.325 e. The maximum atomic E-state index is 12.2. The molecule has 0 heterocycles. The Morgan fingerprint density at radius 1 is 1.00 bits per heavy atom. The third-order valence-electron chi connectivity index (χ3n) is 3.76. The summed E-state index contributed by atoms with van der Waals surface area (Å²) in [6, 6.07) is 20.5. The predicted molar refractivity (Wildman–Crippen MR) is 99.2 cm³/mol. The molecule has 23 heavy (non-hydrogen) atoms. The van der Waals surface area contributed by atoms with Gasteiger partial charge in [0.25, 0.3) is 0 Å². The van der Waals surface area contributed by atoms with Crippen molar-refractivity contribution in [3.05, 3.63) is 71.8 Å². The fourth-order valence-corrected chi connectivity index (χ4v) is 3.48. The first-order valence-corrected chi connectivity index (χ1v) is 8.60. The van der Waals surface area contributed by atoms with E-state index < -0.39 is 0 Å². The van der Waals surface area contributed by atoms with Crippen LogP contribution >= 0.6 is 11.8 Å². The molecular formula is C20H19NOS. The van der Waals surface area contributed by atoms with E-state index in [1.54, 1.807) is 11.8 Å². The molecule has 0 radical (unpaired) electrons. The van der Waals surface area contributed by atoms with Crippen LogP contribution in [0.4, 0.5) is 5.69 Å². The summed E-state index contributed by atoms with van der Waals surface area (Å²) >= 11 is 1.57. The molecule has 0 fully saturated rings. The van der Waals surface area contributed by atoms with Crippen molar-refractivity contribution in [1.29, 1.82) is 0 Å². The number of carbonyl (C=O) groups is 1. The maximum Gasteiger partial charge on any atom is 0.234 e. The fraction of sp³-hybridized carbons (Fsp3) is 0.150. The van der Waals surface area contributed by atoms with Crippen LogP contribution in [-0.2, 0) is 4.79 Å². The molecule has 2 nitrogen and oxygen atoms in total. The first-order valence-electron chi connectivity index (χ1n) is 7.61. The number of fused-ring (bicyclic) bond motifs is 1. The first-order chi connectivity index (χ1) is 11.1. The van der Waals surface area contributed by atoms with Crippen molar-refractivity contribution in [2.75, 3.05) is 11.1 Å². The molecule has 116 valence electrons. The van der Waals surface area contributed by atoms with Crippen LogP contribution in [0.25, 0.3) is 10.8 Å². The Kier molecular flexibility index (Phi) is 4.68. The molecular weight excluding hydrogens is 302 g/mol. The lowest BCUT2D eigenvalue weighted by Gasteiger charge is -2.10. The molecule has 0 bridgehead atoms. The van der Waals surface area contributed by atoms with Crippen LogP contribution < -0.4 is 5.32 Å². The summed E-state index contributed by atoms with van der Waals surface area (Å²) in [5.41, 5.74) is 3.18. The van der Waals surface area contributed by atoms with Crippen LogP contribution in [0.1, 0.15) is 11.1 Å². The smallest absolute Gasteiger partial charge is 0.234 e. The number of nitrogens with one attached hydrogen (secondary N) is 1. The van der Waals surface area contributed by atoms with Gasteiger partial charge in [-0.15, -0.1) is 11.8 Å². The standard InChI is InChI=1S/C20H19NOS/c1-14-10-11-18(15(2)12-14)21-20(22)13-23-19-9-5-7-16-6-3-4-8-17(16)19/h3-12H,13H2,1-2H3,(H,21,22). The van der Waals surface area contributed by atoms with Gasteiger partial charge in [0.1, 0.15) is 0 Å². The summed E-state index contributed by atoms with van der Waals surface area (Å²) in [4.78, 5) is 13.4. The number of benzene rings is 3. The van der Waals surface area contributed by atoms with E-state index in [2.05, 4.69) is 42.6 Å². The highest BCUT2D eigenvalue weighted by Crippen LogP contribution is 2.28. The maximum absolute atomic E-state index is 12.2.